The van der Waals surface area contributed by atoms with Crippen LogP contribution in [0.4, 0.5) is 0 Å². The Hall–Kier alpha value is -1.13. The summed E-state index contributed by atoms with van der Waals surface area (Å²) < 4.78 is 1.04. The van der Waals surface area contributed by atoms with Gasteiger partial charge in [0.2, 0.25) is 5.91 Å². The summed E-state index contributed by atoms with van der Waals surface area (Å²) in [6.45, 7) is 1.38. The van der Waals surface area contributed by atoms with Crippen molar-refractivity contribution in [3.05, 3.63) is 40.4 Å². The molecule has 0 bridgehead atoms. The van der Waals surface area contributed by atoms with Crippen molar-refractivity contribution in [3.63, 3.8) is 0 Å². The molecule has 1 aromatic rings. The van der Waals surface area contributed by atoms with Crippen molar-refractivity contribution in [1.29, 1.82) is 0 Å². The van der Waals surface area contributed by atoms with Gasteiger partial charge in [0.05, 0.1) is 0 Å². The molecule has 1 aromatic carbocycles. The van der Waals surface area contributed by atoms with Gasteiger partial charge < -0.3 is 10.6 Å². The standard InChI is InChI=1S/C14H17BrN2O/c15-12-6-3-11(4-7-12)5-8-14(18)17-9-1-2-13(17)10-16/h3-8,13H,1-2,9-10,16H2/b8-5+. The second kappa shape index (κ2) is 6.16. The maximum absolute atomic E-state index is 12.0. The Labute approximate surface area is 116 Å². The molecule has 2 N–H and O–H groups in total. The Kier molecular flexibility index (Phi) is 4.55. The van der Waals surface area contributed by atoms with Crippen molar-refractivity contribution in [1.82, 2.24) is 4.90 Å². The number of hydrogen-bond donors (Lipinski definition) is 1. The third-order valence-electron chi connectivity index (χ3n) is 3.22. The Bertz CT molecular complexity index is 442. The average molecular weight is 309 g/mol. The van der Waals surface area contributed by atoms with Gasteiger partial charge in [-0.25, -0.2) is 0 Å². The fourth-order valence-corrected chi connectivity index (χ4v) is 2.47. The van der Waals surface area contributed by atoms with E-state index < -0.39 is 0 Å². The molecule has 0 aromatic heterocycles. The molecular weight excluding hydrogens is 292 g/mol. The number of likely N-dealkylation sites (tertiary alicyclic amines) is 1. The lowest BCUT2D eigenvalue weighted by atomic mass is 10.2. The van der Waals surface area contributed by atoms with Crippen LogP contribution in [0.15, 0.2) is 34.8 Å². The van der Waals surface area contributed by atoms with Crippen LogP contribution in [0.1, 0.15) is 18.4 Å². The zero-order chi connectivity index (χ0) is 13.0. The lowest BCUT2D eigenvalue weighted by molar-refractivity contribution is -0.126. The topological polar surface area (TPSA) is 46.3 Å². The van der Waals surface area contributed by atoms with Crippen LogP contribution in [0, 0.1) is 0 Å². The van der Waals surface area contributed by atoms with E-state index >= 15 is 0 Å². The maximum Gasteiger partial charge on any atom is 0.246 e. The first-order chi connectivity index (χ1) is 8.70. The number of carbonyl (C=O) groups is 1. The predicted octanol–water partition coefficient (Wildman–Crippen LogP) is 2.41. The van der Waals surface area contributed by atoms with Crippen LogP contribution in [0.25, 0.3) is 6.08 Å². The number of hydrogen-bond acceptors (Lipinski definition) is 2. The highest BCUT2D eigenvalue weighted by atomic mass is 79.9. The molecule has 0 aliphatic carbocycles. The second-order valence-corrected chi connectivity index (χ2v) is 5.36. The summed E-state index contributed by atoms with van der Waals surface area (Å²) in [6.07, 6.45) is 5.56. The van der Waals surface area contributed by atoms with Gasteiger partial charge >= 0.3 is 0 Å². The highest BCUT2D eigenvalue weighted by Crippen LogP contribution is 2.17. The molecule has 0 spiro atoms. The van der Waals surface area contributed by atoms with Crippen LogP contribution in [0.3, 0.4) is 0 Å². The molecule has 0 saturated carbocycles. The van der Waals surface area contributed by atoms with E-state index in [2.05, 4.69) is 15.9 Å². The largest absolute Gasteiger partial charge is 0.335 e. The molecule has 18 heavy (non-hydrogen) atoms. The summed E-state index contributed by atoms with van der Waals surface area (Å²) in [5.41, 5.74) is 6.69. The number of nitrogens with two attached hydrogens (primary N) is 1. The van der Waals surface area contributed by atoms with Gasteiger partial charge in [-0.15, -0.1) is 0 Å². The number of halogens is 1. The zero-order valence-electron chi connectivity index (χ0n) is 10.2. The first-order valence-electron chi connectivity index (χ1n) is 6.15. The smallest absolute Gasteiger partial charge is 0.246 e. The van der Waals surface area contributed by atoms with Crippen molar-refractivity contribution in [2.45, 2.75) is 18.9 Å². The van der Waals surface area contributed by atoms with E-state index in [0.717, 1.165) is 29.4 Å². The van der Waals surface area contributed by atoms with Crippen LogP contribution in [-0.2, 0) is 4.79 Å². The molecule has 96 valence electrons. The number of benzene rings is 1. The van der Waals surface area contributed by atoms with Crippen molar-refractivity contribution < 1.29 is 4.79 Å². The molecule has 1 atom stereocenters. The van der Waals surface area contributed by atoms with E-state index in [-0.39, 0.29) is 11.9 Å². The molecule has 1 aliphatic heterocycles. The number of nitrogens with zero attached hydrogens (tertiary/aromatic N) is 1. The van der Waals surface area contributed by atoms with E-state index in [9.17, 15) is 4.79 Å². The van der Waals surface area contributed by atoms with Crippen molar-refractivity contribution in [2.75, 3.05) is 13.1 Å². The minimum absolute atomic E-state index is 0.0610. The van der Waals surface area contributed by atoms with Crippen molar-refractivity contribution in [2.24, 2.45) is 5.73 Å². The monoisotopic (exact) mass is 308 g/mol. The number of rotatable bonds is 3. The quantitative estimate of drug-likeness (QED) is 0.872. The molecule has 1 heterocycles. The Balaban J connectivity index is 2.00. The van der Waals surface area contributed by atoms with Crippen LogP contribution < -0.4 is 5.73 Å². The molecule has 4 heteroatoms. The van der Waals surface area contributed by atoms with E-state index in [1.165, 1.54) is 0 Å². The van der Waals surface area contributed by atoms with E-state index in [1.807, 2.05) is 35.2 Å². The van der Waals surface area contributed by atoms with Gasteiger partial charge in [0, 0.05) is 29.7 Å². The molecule has 1 fully saturated rings. The van der Waals surface area contributed by atoms with Gasteiger partial charge in [-0.3, -0.25) is 4.79 Å². The van der Waals surface area contributed by atoms with Crippen LogP contribution >= 0.6 is 15.9 Å². The molecule has 1 saturated heterocycles. The van der Waals surface area contributed by atoms with Gasteiger partial charge in [-0.2, -0.15) is 0 Å². The van der Waals surface area contributed by atoms with E-state index in [1.54, 1.807) is 6.08 Å². The average Bonchev–Trinajstić information content (AvgIpc) is 2.86. The van der Waals surface area contributed by atoms with Crippen LogP contribution in [0.2, 0.25) is 0 Å². The third-order valence-corrected chi connectivity index (χ3v) is 3.75. The molecule has 1 unspecified atom stereocenters. The summed E-state index contributed by atoms with van der Waals surface area (Å²) >= 11 is 3.38. The van der Waals surface area contributed by atoms with Gasteiger partial charge in [0.15, 0.2) is 0 Å². The molecule has 3 nitrogen and oxygen atoms in total. The van der Waals surface area contributed by atoms with Crippen LogP contribution in [-0.4, -0.2) is 29.9 Å². The SMILES string of the molecule is NCC1CCCN1C(=O)/C=C/c1ccc(Br)cc1. The number of amides is 1. The maximum atomic E-state index is 12.0. The minimum atomic E-state index is 0.0610. The molecule has 1 aliphatic rings. The molecule has 0 radical (unpaired) electrons. The Morgan fingerprint density at radius 1 is 1.44 bits per heavy atom. The fraction of sp³-hybridized carbons (Fsp3) is 0.357. The van der Waals surface area contributed by atoms with Crippen molar-refractivity contribution >= 4 is 27.9 Å². The van der Waals surface area contributed by atoms with Crippen LogP contribution in [0.5, 0.6) is 0 Å². The number of carbonyl (C=O) groups excluding carboxylic acids is 1. The van der Waals surface area contributed by atoms with Gasteiger partial charge in [0.25, 0.3) is 0 Å². The van der Waals surface area contributed by atoms with Crippen molar-refractivity contribution in [3.8, 4) is 0 Å². The first kappa shape index (κ1) is 13.3. The lowest BCUT2D eigenvalue weighted by Crippen LogP contribution is -2.38. The molecule has 2 rings (SSSR count). The normalized spacial score (nSPS) is 19.7. The minimum Gasteiger partial charge on any atom is -0.335 e. The highest BCUT2D eigenvalue weighted by Gasteiger charge is 2.25. The van der Waals surface area contributed by atoms with Gasteiger partial charge in [-0.1, -0.05) is 28.1 Å². The summed E-state index contributed by atoms with van der Waals surface area (Å²) in [6, 6.07) is 8.08. The predicted molar refractivity (Wildman–Crippen MR) is 77.0 cm³/mol. The molecular formula is C14H17BrN2O. The summed E-state index contributed by atoms with van der Waals surface area (Å²) in [5, 5.41) is 0. The second-order valence-electron chi connectivity index (χ2n) is 4.45. The summed E-state index contributed by atoms with van der Waals surface area (Å²) in [7, 11) is 0. The summed E-state index contributed by atoms with van der Waals surface area (Å²) in [5.74, 6) is 0.0610. The van der Waals surface area contributed by atoms with E-state index in [0.29, 0.717) is 6.54 Å². The zero-order valence-corrected chi connectivity index (χ0v) is 11.8. The van der Waals surface area contributed by atoms with Gasteiger partial charge in [0.1, 0.15) is 0 Å². The van der Waals surface area contributed by atoms with E-state index in [4.69, 9.17) is 5.73 Å². The summed E-state index contributed by atoms with van der Waals surface area (Å²) in [4.78, 5) is 13.9. The Morgan fingerprint density at radius 2 is 2.17 bits per heavy atom. The fourth-order valence-electron chi connectivity index (χ4n) is 2.21. The molecule has 1 amide bonds. The lowest BCUT2D eigenvalue weighted by Gasteiger charge is -2.21. The third kappa shape index (κ3) is 3.21. The highest BCUT2D eigenvalue weighted by molar-refractivity contribution is 9.10. The van der Waals surface area contributed by atoms with Gasteiger partial charge in [-0.05, 0) is 36.6 Å². The Morgan fingerprint density at radius 3 is 2.83 bits per heavy atom. The first-order valence-corrected chi connectivity index (χ1v) is 6.94.